The Bertz CT molecular complexity index is 953. The van der Waals surface area contributed by atoms with E-state index < -0.39 is 11.8 Å². The summed E-state index contributed by atoms with van der Waals surface area (Å²) in [7, 11) is 0. The van der Waals surface area contributed by atoms with E-state index in [1.807, 2.05) is 31.2 Å². The van der Waals surface area contributed by atoms with Gasteiger partial charge in [0.25, 0.3) is 11.8 Å². The second-order valence-corrected chi connectivity index (χ2v) is 7.63. The average Bonchev–Trinajstić information content (AvgIpc) is 2.99. The number of piperidine rings is 1. The SMILES string of the molecule is Cc1ccc(C(=O)C2CCN(C(=O)CN3C(=O)c4ccccc4C3=O)CC2)cc1. The van der Waals surface area contributed by atoms with Crippen molar-refractivity contribution in [3.63, 3.8) is 0 Å². The molecule has 148 valence electrons. The highest BCUT2D eigenvalue weighted by Gasteiger charge is 2.37. The largest absolute Gasteiger partial charge is 0.341 e. The average molecular weight is 390 g/mol. The number of ketones is 1. The number of amides is 3. The van der Waals surface area contributed by atoms with Gasteiger partial charge in [0.2, 0.25) is 5.91 Å². The molecule has 2 aliphatic heterocycles. The van der Waals surface area contributed by atoms with E-state index in [0.29, 0.717) is 42.6 Å². The van der Waals surface area contributed by atoms with E-state index in [1.165, 1.54) is 0 Å². The van der Waals surface area contributed by atoms with Crippen LogP contribution in [0, 0.1) is 12.8 Å². The van der Waals surface area contributed by atoms with Crippen LogP contribution in [0.15, 0.2) is 48.5 Å². The van der Waals surface area contributed by atoms with Gasteiger partial charge in [-0.1, -0.05) is 42.0 Å². The highest BCUT2D eigenvalue weighted by molar-refractivity contribution is 6.22. The van der Waals surface area contributed by atoms with Gasteiger partial charge in [-0.15, -0.1) is 0 Å². The van der Waals surface area contributed by atoms with Gasteiger partial charge in [0.05, 0.1) is 11.1 Å². The molecule has 29 heavy (non-hydrogen) atoms. The molecule has 0 aliphatic carbocycles. The summed E-state index contributed by atoms with van der Waals surface area (Å²) >= 11 is 0. The van der Waals surface area contributed by atoms with Crippen molar-refractivity contribution >= 4 is 23.5 Å². The molecule has 0 N–H and O–H groups in total. The lowest BCUT2D eigenvalue weighted by Crippen LogP contribution is -2.46. The number of benzene rings is 2. The molecule has 0 radical (unpaired) electrons. The highest BCUT2D eigenvalue weighted by atomic mass is 16.2. The molecule has 2 heterocycles. The topological polar surface area (TPSA) is 74.8 Å². The number of fused-ring (bicyclic) bond motifs is 1. The number of nitrogens with zero attached hydrogens (tertiary/aromatic N) is 2. The molecule has 1 fully saturated rings. The van der Waals surface area contributed by atoms with Crippen molar-refractivity contribution in [2.75, 3.05) is 19.6 Å². The van der Waals surface area contributed by atoms with Crippen molar-refractivity contribution in [1.29, 1.82) is 0 Å². The zero-order valence-corrected chi connectivity index (χ0v) is 16.3. The first-order chi connectivity index (χ1) is 14.0. The molecular weight excluding hydrogens is 368 g/mol. The first kappa shape index (κ1) is 19.1. The van der Waals surface area contributed by atoms with Crippen LogP contribution in [0.1, 0.15) is 49.5 Å². The summed E-state index contributed by atoms with van der Waals surface area (Å²) < 4.78 is 0. The zero-order valence-electron chi connectivity index (χ0n) is 16.3. The van der Waals surface area contributed by atoms with Crippen LogP contribution >= 0.6 is 0 Å². The summed E-state index contributed by atoms with van der Waals surface area (Å²) in [6.07, 6.45) is 1.17. The monoisotopic (exact) mass is 390 g/mol. The van der Waals surface area contributed by atoms with Crippen LogP contribution in [-0.4, -0.2) is 52.9 Å². The highest BCUT2D eigenvalue weighted by Crippen LogP contribution is 2.25. The third kappa shape index (κ3) is 3.58. The first-order valence-corrected chi connectivity index (χ1v) is 9.79. The normalized spacial score (nSPS) is 16.9. The lowest BCUT2D eigenvalue weighted by Gasteiger charge is -2.32. The third-order valence-electron chi connectivity index (χ3n) is 5.73. The number of imide groups is 1. The van der Waals surface area contributed by atoms with Crippen LogP contribution < -0.4 is 0 Å². The van der Waals surface area contributed by atoms with E-state index >= 15 is 0 Å². The molecule has 0 atom stereocenters. The summed E-state index contributed by atoms with van der Waals surface area (Å²) in [6, 6.07) is 14.1. The van der Waals surface area contributed by atoms with E-state index in [4.69, 9.17) is 0 Å². The number of rotatable bonds is 4. The van der Waals surface area contributed by atoms with Gasteiger partial charge >= 0.3 is 0 Å². The number of hydrogen-bond donors (Lipinski definition) is 0. The molecular formula is C23H22N2O4. The van der Waals surface area contributed by atoms with Crippen LogP contribution in [0.4, 0.5) is 0 Å². The van der Waals surface area contributed by atoms with Crippen LogP contribution in [0.2, 0.25) is 0 Å². The minimum absolute atomic E-state index is 0.109. The Hall–Kier alpha value is -3.28. The maximum absolute atomic E-state index is 12.7. The van der Waals surface area contributed by atoms with Crippen molar-refractivity contribution in [2.45, 2.75) is 19.8 Å². The van der Waals surface area contributed by atoms with E-state index in [2.05, 4.69) is 0 Å². The predicted molar refractivity (Wildman–Crippen MR) is 107 cm³/mol. The van der Waals surface area contributed by atoms with Gasteiger partial charge in [-0.2, -0.15) is 0 Å². The Balaban J connectivity index is 1.35. The molecule has 6 heteroatoms. The van der Waals surface area contributed by atoms with Crippen molar-refractivity contribution in [2.24, 2.45) is 5.92 Å². The van der Waals surface area contributed by atoms with Crippen molar-refractivity contribution in [1.82, 2.24) is 9.80 Å². The van der Waals surface area contributed by atoms with Crippen molar-refractivity contribution < 1.29 is 19.2 Å². The van der Waals surface area contributed by atoms with E-state index in [9.17, 15) is 19.2 Å². The Morgan fingerprint density at radius 3 is 2.00 bits per heavy atom. The van der Waals surface area contributed by atoms with Gasteiger partial charge in [0.15, 0.2) is 5.78 Å². The Kier molecular flexibility index (Phi) is 5.01. The second kappa shape index (κ2) is 7.62. The van der Waals surface area contributed by atoms with Gasteiger partial charge in [0.1, 0.15) is 6.54 Å². The number of Topliss-reactive ketones (excluding diaryl/α,β-unsaturated/α-hetero) is 1. The van der Waals surface area contributed by atoms with Crippen LogP contribution in [0.3, 0.4) is 0 Å². The standard InChI is InChI=1S/C23H22N2O4/c1-15-6-8-16(9-7-15)21(27)17-10-12-24(13-11-17)20(26)14-25-22(28)18-4-2-3-5-19(18)23(25)29/h2-9,17H,10-14H2,1H3. The molecule has 1 saturated heterocycles. The fourth-order valence-electron chi connectivity index (χ4n) is 3.96. The van der Waals surface area contributed by atoms with E-state index in [0.717, 1.165) is 10.5 Å². The fourth-order valence-corrected chi connectivity index (χ4v) is 3.96. The predicted octanol–water partition coefficient (Wildman–Crippen LogP) is 2.71. The van der Waals surface area contributed by atoms with Gasteiger partial charge in [-0.25, -0.2) is 0 Å². The van der Waals surface area contributed by atoms with E-state index in [-0.39, 0.29) is 24.2 Å². The fraction of sp³-hybridized carbons (Fsp3) is 0.304. The molecule has 0 bridgehead atoms. The van der Waals surface area contributed by atoms with Crippen LogP contribution in [-0.2, 0) is 4.79 Å². The van der Waals surface area contributed by atoms with Gasteiger partial charge in [-0.05, 0) is 31.9 Å². The third-order valence-corrected chi connectivity index (χ3v) is 5.73. The molecule has 2 aromatic rings. The smallest absolute Gasteiger partial charge is 0.262 e. The summed E-state index contributed by atoms with van der Waals surface area (Å²) in [5.41, 5.74) is 2.49. The number of likely N-dealkylation sites (tertiary alicyclic amines) is 1. The lowest BCUT2D eigenvalue weighted by atomic mass is 9.88. The number of hydrogen-bond acceptors (Lipinski definition) is 4. The maximum atomic E-state index is 12.7. The first-order valence-electron chi connectivity index (χ1n) is 9.79. The zero-order chi connectivity index (χ0) is 20.5. The molecule has 0 aromatic heterocycles. The van der Waals surface area contributed by atoms with Crippen molar-refractivity contribution in [3.8, 4) is 0 Å². The molecule has 4 rings (SSSR count). The number of aryl methyl sites for hydroxylation is 1. The summed E-state index contributed by atoms with van der Waals surface area (Å²) in [5, 5.41) is 0. The minimum Gasteiger partial charge on any atom is -0.341 e. The molecule has 0 saturated carbocycles. The summed E-state index contributed by atoms with van der Waals surface area (Å²) in [6.45, 7) is 2.62. The molecule has 3 amide bonds. The van der Waals surface area contributed by atoms with Gasteiger partial charge in [0, 0.05) is 24.6 Å². The van der Waals surface area contributed by atoms with Crippen LogP contribution in [0.5, 0.6) is 0 Å². The number of carbonyl (C=O) groups is 4. The van der Waals surface area contributed by atoms with Crippen LogP contribution in [0.25, 0.3) is 0 Å². The Labute approximate surface area is 169 Å². The maximum Gasteiger partial charge on any atom is 0.262 e. The number of carbonyl (C=O) groups excluding carboxylic acids is 4. The second-order valence-electron chi connectivity index (χ2n) is 7.63. The van der Waals surface area contributed by atoms with Gasteiger partial charge < -0.3 is 4.90 Å². The molecule has 0 unspecified atom stereocenters. The summed E-state index contributed by atoms with van der Waals surface area (Å²) in [4.78, 5) is 52.9. The van der Waals surface area contributed by atoms with Gasteiger partial charge in [-0.3, -0.25) is 24.1 Å². The van der Waals surface area contributed by atoms with E-state index in [1.54, 1.807) is 29.2 Å². The van der Waals surface area contributed by atoms with Crippen molar-refractivity contribution in [3.05, 3.63) is 70.8 Å². The molecule has 2 aromatic carbocycles. The Morgan fingerprint density at radius 1 is 0.897 bits per heavy atom. The lowest BCUT2D eigenvalue weighted by molar-refractivity contribution is -0.132. The minimum atomic E-state index is -0.427. The molecule has 0 spiro atoms. The quantitative estimate of drug-likeness (QED) is 0.594. The molecule has 2 aliphatic rings. The Morgan fingerprint density at radius 2 is 1.45 bits per heavy atom. The molecule has 6 nitrogen and oxygen atoms in total. The summed E-state index contributed by atoms with van der Waals surface area (Å²) in [5.74, 6) is -1.12.